The molecule has 1 fully saturated rings. The Morgan fingerprint density at radius 1 is 0.978 bits per heavy atom. The van der Waals surface area contributed by atoms with Crippen molar-refractivity contribution in [3.63, 3.8) is 0 Å². The highest BCUT2D eigenvalue weighted by atomic mass is 16.6. The number of fused-ring (bicyclic) bond motifs is 1. The largest absolute Gasteiger partial charge is 0.451 e. The Balaban J connectivity index is 1.94. The molecule has 3 aliphatic rings. The molecule has 0 aliphatic heterocycles. The summed E-state index contributed by atoms with van der Waals surface area (Å²) in [6.07, 6.45) is 12.2. The van der Waals surface area contributed by atoms with Crippen molar-refractivity contribution in [1.82, 2.24) is 0 Å². The smallest absolute Gasteiger partial charge is 0.334 e. The monoisotopic (exact) mass is 642 g/mol. The summed E-state index contributed by atoms with van der Waals surface area (Å²) in [5, 5.41) is 35.1. The maximum Gasteiger partial charge on any atom is 0.334 e. The van der Waals surface area contributed by atoms with Gasteiger partial charge in [-0.15, -0.1) is 0 Å². The van der Waals surface area contributed by atoms with Crippen LogP contribution in [0.1, 0.15) is 139 Å². The van der Waals surface area contributed by atoms with Gasteiger partial charge in [-0.3, -0.25) is 9.59 Å². The van der Waals surface area contributed by atoms with Crippen LogP contribution in [0.3, 0.4) is 0 Å². The molecule has 7 nitrogen and oxygen atoms in total. The van der Waals surface area contributed by atoms with Crippen LogP contribution in [0.5, 0.6) is 0 Å². The Hall–Kier alpha value is -2.09. The van der Waals surface area contributed by atoms with Crippen molar-refractivity contribution in [3.05, 3.63) is 34.4 Å². The fourth-order valence-electron chi connectivity index (χ4n) is 8.64. The van der Waals surface area contributed by atoms with E-state index in [4.69, 9.17) is 4.74 Å². The van der Waals surface area contributed by atoms with Gasteiger partial charge in [0, 0.05) is 24.3 Å². The number of carbonyl (C=O) groups excluding carboxylic acids is 3. The third-order valence-electron chi connectivity index (χ3n) is 12.2. The van der Waals surface area contributed by atoms with E-state index in [0.717, 1.165) is 24.8 Å². The van der Waals surface area contributed by atoms with Gasteiger partial charge in [-0.05, 0) is 68.4 Å². The van der Waals surface area contributed by atoms with Gasteiger partial charge in [0.1, 0.15) is 11.9 Å². The molecule has 0 amide bonds. The number of unbranched alkanes of at least 4 members (excludes halogenated alkanes) is 8. The van der Waals surface area contributed by atoms with Crippen LogP contribution in [0.2, 0.25) is 0 Å². The molecule has 0 aromatic carbocycles. The van der Waals surface area contributed by atoms with Crippen LogP contribution in [0, 0.1) is 28.1 Å². The van der Waals surface area contributed by atoms with Gasteiger partial charge in [-0.25, -0.2) is 4.79 Å². The summed E-state index contributed by atoms with van der Waals surface area (Å²) < 4.78 is 5.94. The zero-order valence-corrected chi connectivity index (χ0v) is 30.1. The van der Waals surface area contributed by atoms with Crippen LogP contribution < -0.4 is 0 Å². The molecule has 3 N–H and O–H groups in total. The van der Waals surface area contributed by atoms with Crippen LogP contribution in [0.25, 0.3) is 0 Å². The van der Waals surface area contributed by atoms with Gasteiger partial charge in [0.05, 0.1) is 12.0 Å². The first-order valence-electron chi connectivity index (χ1n) is 17.8. The van der Waals surface area contributed by atoms with Crippen molar-refractivity contribution < 1.29 is 34.4 Å². The Kier molecular flexibility index (Phi) is 12.5. The lowest BCUT2D eigenvalue weighted by atomic mass is 9.56. The molecule has 2 bridgehead atoms. The lowest BCUT2D eigenvalue weighted by molar-refractivity contribution is -0.201. The maximum atomic E-state index is 15.0. The van der Waals surface area contributed by atoms with E-state index in [-0.39, 0.29) is 17.1 Å². The van der Waals surface area contributed by atoms with Crippen molar-refractivity contribution in [2.45, 2.75) is 157 Å². The average Bonchev–Trinajstić information content (AvgIpc) is 3.16. The molecule has 0 aromatic heterocycles. The Morgan fingerprint density at radius 2 is 1.54 bits per heavy atom. The van der Waals surface area contributed by atoms with Gasteiger partial charge < -0.3 is 20.1 Å². The summed E-state index contributed by atoms with van der Waals surface area (Å²) >= 11 is 0. The number of allylic oxidation sites excluding steroid dienone is 2. The second-order valence-corrected chi connectivity index (χ2v) is 15.8. The fraction of sp³-hybridized carbons (Fsp3) is 0.769. The van der Waals surface area contributed by atoms with Crippen molar-refractivity contribution in [2.24, 2.45) is 28.1 Å². The Labute approximate surface area is 278 Å². The van der Waals surface area contributed by atoms with Gasteiger partial charge >= 0.3 is 5.97 Å². The quantitative estimate of drug-likeness (QED) is 0.0738. The number of Topliss-reactive ketones (excluding diaryl/α,β-unsaturated/α-hetero) is 2. The predicted octanol–water partition coefficient (Wildman–Crippen LogP) is 7.36. The van der Waals surface area contributed by atoms with Crippen LogP contribution in [-0.2, 0) is 19.1 Å². The van der Waals surface area contributed by atoms with Gasteiger partial charge in [0.15, 0.2) is 17.5 Å². The standard InChI is InChI=1S/C39H62O7/c1-10-11-12-13-14-15-16-17-18-19-30(41)23-37(9)22-27(5)38-21-26(4)34(46-35(44)28(6)25(2)3)39(38,45)32(42)29(24-40)20-31(33(38)43)36(37,7)8/h20-21,27,31-32,34,40,42,45H,10-19,22-24H2,1-9H3/t27-,31?,32?,34?,37+,38?,39?/m1/s1. The zero-order chi connectivity index (χ0) is 34.7. The van der Waals surface area contributed by atoms with Crippen molar-refractivity contribution in [3.8, 4) is 0 Å². The van der Waals surface area contributed by atoms with Gasteiger partial charge in [0.2, 0.25) is 0 Å². The van der Waals surface area contributed by atoms with E-state index in [1.165, 1.54) is 38.5 Å². The first-order chi connectivity index (χ1) is 21.5. The molecule has 7 atom stereocenters. The lowest BCUT2D eigenvalue weighted by Gasteiger charge is -2.49. The van der Waals surface area contributed by atoms with E-state index < -0.39 is 58.5 Å². The minimum Gasteiger partial charge on any atom is -0.451 e. The molecule has 7 heteroatoms. The normalized spacial score (nSPS) is 33.3. The average molecular weight is 643 g/mol. The van der Waals surface area contributed by atoms with Gasteiger partial charge in [0.25, 0.3) is 0 Å². The Bertz CT molecular complexity index is 1240. The van der Waals surface area contributed by atoms with E-state index in [9.17, 15) is 29.7 Å². The summed E-state index contributed by atoms with van der Waals surface area (Å²) in [6, 6.07) is 0. The van der Waals surface area contributed by atoms with E-state index in [0.29, 0.717) is 30.4 Å². The molecule has 260 valence electrons. The van der Waals surface area contributed by atoms with Crippen molar-refractivity contribution in [2.75, 3.05) is 6.61 Å². The number of hydrogen-bond donors (Lipinski definition) is 3. The van der Waals surface area contributed by atoms with Crippen LogP contribution in [0.4, 0.5) is 0 Å². The third kappa shape index (κ3) is 6.75. The molecule has 3 aliphatic carbocycles. The topological polar surface area (TPSA) is 121 Å². The van der Waals surface area contributed by atoms with Crippen LogP contribution in [-0.4, -0.2) is 57.3 Å². The van der Waals surface area contributed by atoms with Crippen LogP contribution >= 0.6 is 0 Å². The highest BCUT2D eigenvalue weighted by Crippen LogP contribution is 2.66. The number of aliphatic hydroxyl groups excluding tert-OH is 2. The summed E-state index contributed by atoms with van der Waals surface area (Å²) in [7, 11) is 0. The third-order valence-corrected chi connectivity index (χ3v) is 12.2. The SMILES string of the molecule is CCCCCCCCCCCC(=O)C[C@]1(C)C[C@@H](C)C23C=C(C)C(OC(=O)C(C)=C(C)C)C2(O)C(O)C(CO)=CC(C3=O)C1(C)C. The summed E-state index contributed by atoms with van der Waals surface area (Å²) in [5.74, 6) is -2.04. The number of hydrogen-bond acceptors (Lipinski definition) is 7. The molecule has 0 radical (unpaired) electrons. The van der Waals surface area contributed by atoms with E-state index in [2.05, 4.69) is 13.8 Å². The Morgan fingerprint density at radius 3 is 2.09 bits per heavy atom. The fourth-order valence-corrected chi connectivity index (χ4v) is 8.64. The molecule has 3 rings (SSSR count). The first-order valence-corrected chi connectivity index (χ1v) is 17.8. The minimum atomic E-state index is -2.24. The van der Waals surface area contributed by atoms with E-state index >= 15 is 0 Å². The summed E-state index contributed by atoms with van der Waals surface area (Å²) in [5.41, 5.74) is -3.47. The molecule has 5 unspecified atom stereocenters. The molecule has 1 saturated carbocycles. The van der Waals surface area contributed by atoms with Gasteiger partial charge in [-0.1, -0.05) is 104 Å². The first kappa shape index (κ1) is 38.4. The van der Waals surface area contributed by atoms with Crippen molar-refractivity contribution in [1.29, 1.82) is 0 Å². The molecular weight excluding hydrogens is 580 g/mol. The number of rotatable bonds is 15. The number of esters is 1. The molecule has 1 spiro atoms. The maximum absolute atomic E-state index is 15.0. The molecular formula is C39H62O7. The molecule has 0 aromatic rings. The second kappa shape index (κ2) is 15.0. The second-order valence-electron chi connectivity index (χ2n) is 15.8. The highest BCUT2D eigenvalue weighted by molar-refractivity contribution is 5.96. The lowest BCUT2D eigenvalue weighted by Crippen LogP contribution is -2.65. The summed E-state index contributed by atoms with van der Waals surface area (Å²) in [4.78, 5) is 41.7. The molecule has 46 heavy (non-hydrogen) atoms. The predicted molar refractivity (Wildman–Crippen MR) is 182 cm³/mol. The van der Waals surface area contributed by atoms with Crippen LogP contribution in [0.15, 0.2) is 34.4 Å². The highest BCUT2D eigenvalue weighted by Gasteiger charge is 2.74. The van der Waals surface area contributed by atoms with Gasteiger partial charge in [-0.2, -0.15) is 0 Å². The van der Waals surface area contributed by atoms with E-state index in [1.807, 2.05) is 20.8 Å². The van der Waals surface area contributed by atoms with E-state index in [1.54, 1.807) is 39.8 Å². The number of ether oxygens (including phenoxy) is 1. The number of carbonyl (C=O) groups is 3. The minimum absolute atomic E-state index is 0.122. The zero-order valence-electron chi connectivity index (χ0n) is 30.1. The molecule has 0 heterocycles. The summed E-state index contributed by atoms with van der Waals surface area (Å²) in [6.45, 7) is 16.5. The number of ketones is 2. The molecule has 0 saturated heterocycles. The van der Waals surface area contributed by atoms with Crippen molar-refractivity contribution >= 4 is 17.5 Å². The number of aliphatic hydroxyl groups is 3.